The molecule has 33 heavy (non-hydrogen) atoms. The van der Waals surface area contributed by atoms with Gasteiger partial charge in [0.2, 0.25) is 0 Å². The first kappa shape index (κ1) is 23.9. The van der Waals surface area contributed by atoms with E-state index >= 15 is 0 Å². The molecule has 4 rings (SSSR count). The summed E-state index contributed by atoms with van der Waals surface area (Å²) in [7, 11) is 1.59. The topological polar surface area (TPSA) is 38.8 Å². The van der Waals surface area contributed by atoms with Gasteiger partial charge in [-0.2, -0.15) is 0 Å². The number of carbonyl (C=O) groups excluding carboxylic acids is 1. The van der Waals surface area contributed by atoms with Gasteiger partial charge in [-0.25, -0.2) is 4.39 Å². The number of hydrogen-bond acceptors (Lipinski definition) is 5. The first-order chi connectivity index (χ1) is 15.9. The second-order valence-corrected chi connectivity index (χ2v) is 10.3. The Hall–Kier alpha value is -2.20. The maximum Gasteiger partial charge on any atom is 0.270 e. The third-order valence-electron chi connectivity index (χ3n) is 4.74. The zero-order valence-corrected chi connectivity index (χ0v) is 22.0. The minimum absolute atomic E-state index is 0.181. The van der Waals surface area contributed by atoms with Gasteiger partial charge in [-0.1, -0.05) is 36.1 Å². The fourth-order valence-corrected chi connectivity index (χ4v) is 5.86. The molecule has 0 saturated carbocycles. The fraction of sp³-hybridized carbons (Fsp3) is 0.0833. The van der Waals surface area contributed by atoms with Gasteiger partial charge < -0.3 is 9.47 Å². The number of halogens is 3. The van der Waals surface area contributed by atoms with E-state index in [-0.39, 0.29) is 18.3 Å². The number of methoxy groups -OCH3 is 1. The van der Waals surface area contributed by atoms with E-state index in [0.717, 1.165) is 20.1 Å². The van der Waals surface area contributed by atoms with Crippen LogP contribution in [0.25, 0.3) is 6.08 Å². The van der Waals surface area contributed by atoms with Crippen LogP contribution in [-0.2, 0) is 11.4 Å². The summed E-state index contributed by atoms with van der Waals surface area (Å²) in [6.07, 6.45) is 1.79. The average Bonchev–Trinajstić information content (AvgIpc) is 3.07. The van der Waals surface area contributed by atoms with Crippen molar-refractivity contribution in [3.63, 3.8) is 0 Å². The van der Waals surface area contributed by atoms with Crippen molar-refractivity contribution in [2.24, 2.45) is 0 Å². The molecule has 1 saturated heterocycles. The van der Waals surface area contributed by atoms with E-state index in [2.05, 4.69) is 31.9 Å². The van der Waals surface area contributed by atoms with Crippen molar-refractivity contribution in [2.45, 2.75) is 6.61 Å². The number of rotatable bonds is 6. The average molecular weight is 609 g/mol. The molecule has 168 valence electrons. The Kier molecular flexibility index (Phi) is 7.53. The highest BCUT2D eigenvalue weighted by Crippen LogP contribution is 2.39. The van der Waals surface area contributed by atoms with Crippen LogP contribution in [0.15, 0.2) is 74.5 Å². The van der Waals surface area contributed by atoms with Crippen molar-refractivity contribution < 1.29 is 18.7 Å². The molecule has 0 unspecified atom stereocenters. The Morgan fingerprint density at radius 1 is 1.06 bits per heavy atom. The van der Waals surface area contributed by atoms with Crippen LogP contribution in [0.4, 0.5) is 10.1 Å². The lowest BCUT2D eigenvalue weighted by molar-refractivity contribution is -0.113. The summed E-state index contributed by atoms with van der Waals surface area (Å²) >= 11 is 13.8. The number of carbonyl (C=O) groups is 1. The monoisotopic (exact) mass is 607 g/mol. The summed E-state index contributed by atoms with van der Waals surface area (Å²) in [6, 6.07) is 17.1. The molecule has 3 aromatic carbocycles. The minimum atomic E-state index is -0.289. The van der Waals surface area contributed by atoms with Crippen molar-refractivity contribution in [3.8, 4) is 11.5 Å². The van der Waals surface area contributed by atoms with E-state index in [1.54, 1.807) is 49.6 Å². The number of benzene rings is 3. The summed E-state index contributed by atoms with van der Waals surface area (Å²) in [5.74, 6) is 0.848. The number of amides is 1. The number of ether oxygens (including phenoxy) is 2. The summed E-state index contributed by atoms with van der Waals surface area (Å²) in [5, 5.41) is 0. The summed E-state index contributed by atoms with van der Waals surface area (Å²) in [4.78, 5) is 15.1. The zero-order chi connectivity index (χ0) is 23.5. The number of anilines is 1. The van der Waals surface area contributed by atoms with Crippen molar-refractivity contribution in [2.75, 3.05) is 12.0 Å². The van der Waals surface area contributed by atoms with E-state index in [1.165, 1.54) is 28.8 Å². The number of nitrogens with zero attached hydrogens (tertiary/aromatic N) is 1. The zero-order valence-electron chi connectivity index (χ0n) is 17.2. The van der Waals surface area contributed by atoms with Gasteiger partial charge in [-0.3, -0.25) is 9.69 Å². The molecule has 1 amide bonds. The van der Waals surface area contributed by atoms with Crippen molar-refractivity contribution in [1.82, 2.24) is 0 Å². The van der Waals surface area contributed by atoms with Crippen molar-refractivity contribution in [3.05, 3.63) is 91.5 Å². The smallest absolute Gasteiger partial charge is 0.270 e. The third kappa shape index (κ3) is 5.48. The van der Waals surface area contributed by atoms with Gasteiger partial charge in [0.15, 0.2) is 4.32 Å². The van der Waals surface area contributed by atoms with Crippen LogP contribution >= 0.6 is 55.8 Å². The van der Waals surface area contributed by atoms with Crippen LogP contribution in [0.3, 0.4) is 0 Å². The van der Waals surface area contributed by atoms with Gasteiger partial charge in [-0.15, -0.1) is 0 Å². The molecule has 0 aliphatic carbocycles. The van der Waals surface area contributed by atoms with E-state index in [1.807, 2.05) is 12.1 Å². The highest BCUT2D eigenvalue weighted by molar-refractivity contribution is 9.11. The molecule has 0 spiro atoms. The van der Waals surface area contributed by atoms with Crippen LogP contribution in [0.1, 0.15) is 11.1 Å². The predicted molar refractivity (Wildman–Crippen MR) is 141 cm³/mol. The summed E-state index contributed by atoms with van der Waals surface area (Å²) < 4.78 is 26.1. The highest BCUT2D eigenvalue weighted by Gasteiger charge is 2.33. The normalized spacial score (nSPS) is 14.8. The van der Waals surface area contributed by atoms with Crippen LogP contribution in [0.5, 0.6) is 11.5 Å². The van der Waals surface area contributed by atoms with Crippen LogP contribution in [-0.4, -0.2) is 17.3 Å². The molecular formula is C24H16Br2FNO3S2. The minimum Gasteiger partial charge on any atom is -0.497 e. The van der Waals surface area contributed by atoms with Gasteiger partial charge in [0.25, 0.3) is 5.91 Å². The Balaban J connectivity index is 1.53. The first-order valence-corrected chi connectivity index (χ1v) is 12.4. The Labute approximate surface area is 217 Å². The Morgan fingerprint density at radius 2 is 1.70 bits per heavy atom. The fourth-order valence-electron chi connectivity index (χ4n) is 3.11. The van der Waals surface area contributed by atoms with E-state index in [4.69, 9.17) is 21.7 Å². The van der Waals surface area contributed by atoms with Crippen LogP contribution < -0.4 is 14.4 Å². The molecule has 0 radical (unpaired) electrons. The second kappa shape index (κ2) is 10.4. The number of thioether (sulfide) groups is 1. The lowest BCUT2D eigenvalue weighted by Crippen LogP contribution is -2.27. The lowest BCUT2D eigenvalue weighted by Gasteiger charge is -2.14. The van der Waals surface area contributed by atoms with Crippen LogP contribution in [0.2, 0.25) is 0 Å². The quantitative estimate of drug-likeness (QED) is 0.216. The Bertz CT molecular complexity index is 1220. The van der Waals surface area contributed by atoms with Gasteiger partial charge in [-0.05, 0) is 97.6 Å². The Morgan fingerprint density at radius 3 is 2.30 bits per heavy atom. The maximum atomic E-state index is 13.1. The molecule has 1 aliphatic heterocycles. The van der Waals surface area contributed by atoms with Gasteiger partial charge in [0, 0.05) is 0 Å². The van der Waals surface area contributed by atoms with Gasteiger partial charge in [0.05, 0.1) is 26.6 Å². The summed E-state index contributed by atoms with van der Waals surface area (Å²) in [5.41, 5.74) is 2.34. The molecule has 0 atom stereocenters. The second-order valence-electron chi connectivity index (χ2n) is 6.94. The summed E-state index contributed by atoms with van der Waals surface area (Å²) in [6.45, 7) is 0.289. The molecular weight excluding hydrogens is 593 g/mol. The number of hydrogen-bond donors (Lipinski definition) is 0. The SMILES string of the molecule is COc1ccc(N2C(=O)/C(=C\c3cc(Br)c(OCc4ccc(F)cc4)c(Br)c3)SC2=S)cc1. The van der Waals surface area contributed by atoms with Crippen molar-refractivity contribution in [1.29, 1.82) is 0 Å². The van der Waals surface area contributed by atoms with Gasteiger partial charge in [0.1, 0.15) is 23.9 Å². The van der Waals surface area contributed by atoms with Crippen molar-refractivity contribution >= 4 is 77.8 Å². The van der Waals surface area contributed by atoms with Gasteiger partial charge >= 0.3 is 0 Å². The number of thiocarbonyl (C=S) groups is 1. The van der Waals surface area contributed by atoms with E-state index < -0.39 is 0 Å². The molecule has 3 aromatic rings. The molecule has 0 N–H and O–H groups in total. The third-order valence-corrected chi connectivity index (χ3v) is 7.22. The molecule has 1 fully saturated rings. The molecule has 9 heteroatoms. The molecule has 0 aromatic heterocycles. The molecule has 1 aliphatic rings. The first-order valence-electron chi connectivity index (χ1n) is 9.64. The molecule has 0 bridgehead atoms. The van der Waals surface area contributed by atoms with E-state index in [0.29, 0.717) is 26.4 Å². The molecule has 1 heterocycles. The highest BCUT2D eigenvalue weighted by atomic mass is 79.9. The maximum absolute atomic E-state index is 13.1. The lowest BCUT2D eigenvalue weighted by atomic mass is 10.2. The van der Waals surface area contributed by atoms with Crippen LogP contribution in [0, 0.1) is 5.82 Å². The predicted octanol–water partition coefficient (Wildman–Crippen LogP) is 7.34. The largest absolute Gasteiger partial charge is 0.497 e. The molecule has 4 nitrogen and oxygen atoms in total. The standard InChI is InChI=1S/C24H16Br2FNO3S2/c1-30-18-8-6-17(7-9-18)28-23(29)21(33-24(28)32)12-15-10-19(25)22(20(26)11-15)31-13-14-2-4-16(27)5-3-14/h2-12H,13H2,1H3/b21-12+. The van der Waals surface area contributed by atoms with E-state index in [9.17, 15) is 9.18 Å².